The highest BCUT2D eigenvalue weighted by Gasteiger charge is 2.21. The second kappa shape index (κ2) is 4.90. The number of nitrogens with one attached hydrogen (secondary N) is 1. The molecular weight excluding hydrogens is 242 g/mol. The van der Waals surface area contributed by atoms with Gasteiger partial charge in [-0.3, -0.25) is 0 Å². The molecule has 0 amide bonds. The summed E-state index contributed by atoms with van der Waals surface area (Å²) < 4.78 is 5.22. The summed E-state index contributed by atoms with van der Waals surface area (Å²) in [7, 11) is 0. The highest BCUT2D eigenvalue weighted by atomic mass is 16.4. The number of carboxylic acid groups (broad SMARTS) is 1. The number of rotatable bonds is 4. The van der Waals surface area contributed by atoms with E-state index in [0.29, 0.717) is 18.3 Å². The topological polar surface area (TPSA) is 62.5 Å². The Bertz CT molecular complexity index is 578. The number of hydrogen-bond donors (Lipinski definition) is 2. The molecule has 0 fully saturated rings. The van der Waals surface area contributed by atoms with Gasteiger partial charge in [-0.05, 0) is 30.0 Å². The van der Waals surface area contributed by atoms with E-state index in [1.165, 1.54) is 23.5 Å². The van der Waals surface area contributed by atoms with Crippen molar-refractivity contribution in [1.82, 2.24) is 5.32 Å². The summed E-state index contributed by atoms with van der Waals surface area (Å²) in [5.41, 5.74) is 2.99. The lowest BCUT2D eigenvalue weighted by molar-refractivity contribution is 0.0694. The Labute approximate surface area is 111 Å². The van der Waals surface area contributed by atoms with Gasteiger partial charge < -0.3 is 14.8 Å². The van der Waals surface area contributed by atoms with Crippen LogP contribution in [-0.4, -0.2) is 17.1 Å². The molecule has 1 aromatic carbocycles. The Morgan fingerprint density at radius 2 is 1.95 bits per heavy atom. The maximum atomic E-state index is 11.0. The average molecular weight is 257 g/mol. The lowest BCUT2D eigenvalue weighted by Gasteiger charge is -2.10. The first kappa shape index (κ1) is 12.0. The van der Waals surface area contributed by atoms with Crippen molar-refractivity contribution in [2.45, 2.75) is 25.4 Å². The van der Waals surface area contributed by atoms with E-state index in [2.05, 4.69) is 29.6 Å². The maximum absolute atomic E-state index is 11.0. The molecule has 0 spiro atoms. The Morgan fingerprint density at radius 1 is 1.26 bits per heavy atom. The van der Waals surface area contributed by atoms with E-state index in [9.17, 15) is 4.79 Å². The molecule has 19 heavy (non-hydrogen) atoms. The molecule has 0 unspecified atom stereocenters. The molecule has 4 heteroatoms. The van der Waals surface area contributed by atoms with Crippen LogP contribution in [0, 0.1) is 0 Å². The number of aromatic carboxylic acids is 1. The van der Waals surface area contributed by atoms with Crippen LogP contribution in [0.3, 0.4) is 0 Å². The van der Waals surface area contributed by atoms with E-state index in [1.54, 1.807) is 0 Å². The molecule has 0 saturated carbocycles. The Hall–Kier alpha value is -2.07. The van der Waals surface area contributed by atoms with Gasteiger partial charge in [0.05, 0.1) is 12.8 Å². The molecule has 4 nitrogen and oxygen atoms in total. The van der Waals surface area contributed by atoms with Crippen molar-refractivity contribution < 1.29 is 14.3 Å². The van der Waals surface area contributed by atoms with Crippen LogP contribution in [0.5, 0.6) is 0 Å². The van der Waals surface area contributed by atoms with E-state index < -0.39 is 5.97 Å². The highest BCUT2D eigenvalue weighted by molar-refractivity contribution is 5.88. The molecular formula is C15H15NO3. The summed E-state index contributed by atoms with van der Waals surface area (Å²) in [6.45, 7) is 0.452. The van der Waals surface area contributed by atoms with Gasteiger partial charge in [0.25, 0.3) is 0 Å². The normalized spacial score (nSPS) is 14.5. The number of carbonyl (C=O) groups is 1. The van der Waals surface area contributed by atoms with Crippen LogP contribution < -0.4 is 5.32 Å². The highest BCUT2D eigenvalue weighted by Crippen LogP contribution is 2.22. The Balaban J connectivity index is 1.63. The number of benzene rings is 1. The van der Waals surface area contributed by atoms with E-state index in [1.807, 2.05) is 0 Å². The zero-order valence-electron chi connectivity index (χ0n) is 10.4. The Kier molecular flexibility index (Phi) is 3.09. The van der Waals surface area contributed by atoms with Crippen LogP contribution in [-0.2, 0) is 19.4 Å². The molecule has 2 N–H and O–H groups in total. The maximum Gasteiger partial charge on any atom is 0.339 e. The van der Waals surface area contributed by atoms with Crippen molar-refractivity contribution >= 4 is 5.97 Å². The van der Waals surface area contributed by atoms with E-state index in [4.69, 9.17) is 9.52 Å². The van der Waals surface area contributed by atoms with Gasteiger partial charge in [0.2, 0.25) is 0 Å². The summed E-state index contributed by atoms with van der Waals surface area (Å²) in [5.74, 6) is -0.455. The number of fused-ring (bicyclic) bond motifs is 1. The van der Waals surface area contributed by atoms with Crippen molar-refractivity contribution in [3.63, 3.8) is 0 Å². The lowest BCUT2D eigenvalue weighted by Crippen LogP contribution is -2.29. The van der Waals surface area contributed by atoms with Crippen molar-refractivity contribution in [3.05, 3.63) is 59.0 Å². The minimum atomic E-state index is -0.944. The predicted molar refractivity (Wildman–Crippen MR) is 70.1 cm³/mol. The molecule has 3 rings (SSSR count). The molecule has 1 aliphatic rings. The third-order valence-corrected chi connectivity index (χ3v) is 3.58. The van der Waals surface area contributed by atoms with E-state index in [0.717, 1.165) is 12.8 Å². The van der Waals surface area contributed by atoms with Crippen LogP contribution in [0.4, 0.5) is 0 Å². The third-order valence-electron chi connectivity index (χ3n) is 3.58. The van der Waals surface area contributed by atoms with Crippen LogP contribution in [0.15, 0.2) is 41.0 Å². The van der Waals surface area contributed by atoms with Crippen LogP contribution in [0.1, 0.15) is 27.2 Å². The van der Waals surface area contributed by atoms with Gasteiger partial charge in [-0.1, -0.05) is 24.3 Å². The molecule has 2 aromatic rings. The number of furan rings is 1. The van der Waals surface area contributed by atoms with Crippen molar-refractivity contribution in [3.8, 4) is 0 Å². The predicted octanol–water partition coefficient (Wildman–Crippen LogP) is 2.23. The number of carboxylic acids is 1. The first-order valence-corrected chi connectivity index (χ1v) is 6.34. The van der Waals surface area contributed by atoms with Crippen molar-refractivity contribution in [2.24, 2.45) is 0 Å². The molecule has 0 aliphatic heterocycles. The van der Waals surface area contributed by atoms with Gasteiger partial charge in [-0.15, -0.1) is 0 Å². The fraction of sp³-hybridized carbons (Fsp3) is 0.267. The smallest absolute Gasteiger partial charge is 0.339 e. The Morgan fingerprint density at radius 3 is 2.58 bits per heavy atom. The molecule has 0 atom stereocenters. The molecule has 1 aliphatic carbocycles. The molecule has 0 radical (unpaired) electrons. The summed E-state index contributed by atoms with van der Waals surface area (Å²) in [5, 5.41) is 12.4. The van der Waals surface area contributed by atoms with Gasteiger partial charge in [0.15, 0.2) is 0 Å². The minimum absolute atomic E-state index is 0.239. The summed E-state index contributed by atoms with van der Waals surface area (Å²) >= 11 is 0. The standard InChI is InChI=1S/C15H15NO3/c17-15(18)13-5-6-19-14(13)9-16-12-7-10-3-1-2-4-11(10)8-12/h1-6,12,16H,7-9H2,(H,17,18). The number of hydrogen-bond acceptors (Lipinski definition) is 3. The zero-order chi connectivity index (χ0) is 13.2. The average Bonchev–Trinajstić information content (AvgIpc) is 3.02. The molecule has 0 saturated heterocycles. The first-order chi connectivity index (χ1) is 9.24. The first-order valence-electron chi connectivity index (χ1n) is 6.34. The van der Waals surface area contributed by atoms with E-state index in [-0.39, 0.29) is 5.56 Å². The second-order valence-electron chi connectivity index (χ2n) is 4.82. The SMILES string of the molecule is O=C(O)c1ccoc1CNC1Cc2ccccc2C1. The minimum Gasteiger partial charge on any atom is -0.478 e. The van der Waals surface area contributed by atoms with Crippen LogP contribution in [0.2, 0.25) is 0 Å². The summed E-state index contributed by atoms with van der Waals surface area (Å²) in [4.78, 5) is 11.0. The largest absolute Gasteiger partial charge is 0.478 e. The van der Waals surface area contributed by atoms with Gasteiger partial charge in [0, 0.05) is 6.04 Å². The lowest BCUT2D eigenvalue weighted by atomic mass is 10.1. The molecule has 1 aromatic heterocycles. The summed E-state index contributed by atoms with van der Waals surface area (Å²) in [6.07, 6.45) is 3.39. The van der Waals surface area contributed by atoms with Gasteiger partial charge in [-0.2, -0.15) is 0 Å². The summed E-state index contributed by atoms with van der Waals surface area (Å²) in [6, 6.07) is 10.2. The fourth-order valence-corrected chi connectivity index (χ4v) is 2.61. The quantitative estimate of drug-likeness (QED) is 0.881. The zero-order valence-corrected chi connectivity index (χ0v) is 10.4. The monoisotopic (exact) mass is 257 g/mol. The van der Waals surface area contributed by atoms with Gasteiger partial charge in [-0.25, -0.2) is 4.79 Å². The molecule has 1 heterocycles. The third kappa shape index (κ3) is 2.39. The van der Waals surface area contributed by atoms with Crippen LogP contribution in [0.25, 0.3) is 0 Å². The van der Waals surface area contributed by atoms with Crippen LogP contribution >= 0.6 is 0 Å². The van der Waals surface area contributed by atoms with Crippen molar-refractivity contribution in [1.29, 1.82) is 0 Å². The second-order valence-corrected chi connectivity index (χ2v) is 4.82. The fourth-order valence-electron chi connectivity index (χ4n) is 2.61. The van der Waals surface area contributed by atoms with E-state index >= 15 is 0 Å². The van der Waals surface area contributed by atoms with Crippen molar-refractivity contribution in [2.75, 3.05) is 0 Å². The van der Waals surface area contributed by atoms with Gasteiger partial charge >= 0.3 is 5.97 Å². The van der Waals surface area contributed by atoms with Gasteiger partial charge in [0.1, 0.15) is 11.3 Å². The molecule has 0 bridgehead atoms. The molecule has 98 valence electrons.